The van der Waals surface area contributed by atoms with Crippen molar-refractivity contribution in [2.45, 2.75) is 6.92 Å². The minimum absolute atomic E-state index is 0.182. The summed E-state index contributed by atoms with van der Waals surface area (Å²) >= 11 is 12.0. The summed E-state index contributed by atoms with van der Waals surface area (Å²) in [5.74, 6) is -0.292. The molecule has 3 aromatic carbocycles. The number of ether oxygens (including phenoxy) is 1. The quantitative estimate of drug-likeness (QED) is 0.384. The van der Waals surface area contributed by atoms with E-state index in [2.05, 4.69) is 15.8 Å². The molecule has 2 amide bonds. The Balaban J connectivity index is 1.52. The fourth-order valence-corrected chi connectivity index (χ4v) is 2.98. The molecule has 0 atom stereocenters. The van der Waals surface area contributed by atoms with Crippen molar-refractivity contribution in [1.82, 2.24) is 5.43 Å². The Morgan fingerprint density at radius 1 is 1.03 bits per heavy atom. The summed E-state index contributed by atoms with van der Waals surface area (Å²) in [7, 11) is 0. The summed E-state index contributed by atoms with van der Waals surface area (Å²) in [6, 6.07) is 18.9. The van der Waals surface area contributed by atoms with E-state index in [9.17, 15) is 9.59 Å². The average Bonchev–Trinajstić information content (AvgIpc) is 2.73. The van der Waals surface area contributed by atoms with Crippen molar-refractivity contribution in [2.24, 2.45) is 5.10 Å². The Kier molecular flexibility index (Phi) is 7.65. The minimum atomic E-state index is -0.362. The van der Waals surface area contributed by atoms with E-state index in [1.165, 1.54) is 6.21 Å². The topological polar surface area (TPSA) is 79.8 Å². The largest absolute Gasteiger partial charge is 0.482 e. The number of hydrogen-bond donors (Lipinski definition) is 2. The van der Waals surface area contributed by atoms with Crippen LogP contribution in [0.2, 0.25) is 10.0 Å². The van der Waals surface area contributed by atoms with Crippen molar-refractivity contribution < 1.29 is 14.3 Å². The molecular formula is C23H19Cl2N3O3. The second-order valence-corrected chi connectivity index (χ2v) is 7.45. The summed E-state index contributed by atoms with van der Waals surface area (Å²) in [5, 5.41) is 7.54. The number of benzene rings is 3. The number of carbonyl (C=O) groups is 2. The van der Waals surface area contributed by atoms with Gasteiger partial charge in [-0.15, -0.1) is 0 Å². The second kappa shape index (κ2) is 10.6. The molecule has 8 heteroatoms. The van der Waals surface area contributed by atoms with Gasteiger partial charge in [0.1, 0.15) is 5.75 Å². The first-order chi connectivity index (χ1) is 14.9. The predicted molar refractivity (Wildman–Crippen MR) is 123 cm³/mol. The van der Waals surface area contributed by atoms with E-state index in [1.54, 1.807) is 48.5 Å². The number of nitrogens with zero attached hydrogens (tertiary/aromatic N) is 1. The van der Waals surface area contributed by atoms with Gasteiger partial charge in [-0.1, -0.05) is 35.3 Å². The Hall–Kier alpha value is -3.35. The number of amides is 2. The van der Waals surface area contributed by atoms with Gasteiger partial charge < -0.3 is 10.1 Å². The van der Waals surface area contributed by atoms with Crippen LogP contribution >= 0.6 is 23.2 Å². The monoisotopic (exact) mass is 455 g/mol. The number of anilines is 1. The van der Waals surface area contributed by atoms with Crippen molar-refractivity contribution in [3.63, 3.8) is 0 Å². The summed E-state index contributed by atoms with van der Waals surface area (Å²) in [5.41, 5.74) is 5.26. The fraction of sp³-hybridized carbons (Fsp3) is 0.0870. The molecule has 0 saturated carbocycles. The van der Waals surface area contributed by atoms with Crippen LogP contribution in [0.1, 0.15) is 21.5 Å². The molecule has 0 radical (unpaired) electrons. The van der Waals surface area contributed by atoms with E-state index in [0.717, 1.165) is 5.56 Å². The van der Waals surface area contributed by atoms with Gasteiger partial charge in [0, 0.05) is 16.3 Å². The molecule has 0 unspecified atom stereocenters. The first kappa shape index (κ1) is 22.3. The zero-order valence-corrected chi connectivity index (χ0v) is 18.1. The molecule has 0 aromatic heterocycles. The molecule has 0 aliphatic carbocycles. The van der Waals surface area contributed by atoms with E-state index in [4.69, 9.17) is 27.9 Å². The molecule has 0 spiro atoms. The first-order valence-corrected chi connectivity index (χ1v) is 10.0. The van der Waals surface area contributed by atoms with Crippen LogP contribution in [0.3, 0.4) is 0 Å². The lowest BCUT2D eigenvalue weighted by Gasteiger charge is -2.09. The summed E-state index contributed by atoms with van der Waals surface area (Å²) in [4.78, 5) is 24.1. The number of rotatable bonds is 7. The van der Waals surface area contributed by atoms with Gasteiger partial charge >= 0.3 is 0 Å². The van der Waals surface area contributed by atoms with Crippen molar-refractivity contribution in [1.29, 1.82) is 0 Å². The Labute approximate surface area is 189 Å². The van der Waals surface area contributed by atoms with Crippen molar-refractivity contribution in [3.8, 4) is 5.75 Å². The van der Waals surface area contributed by atoms with Gasteiger partial charge in [0.15, 0.2) is 6.61 Å². The Bertz CT molecular complexity index is 1120. The zero-order valence-electron chi connectivity index (χ0n) is 16.6. The maximum absolute atomic E-state index is 12.1. The number of hydrogen-bond acceptors (Lipinski definition) is 4. The zero-order chi connectivity index (χ0) is 22.2. The van der Waals surface area contributed by atoms with Crippen LogP contribution in [0.25, 0.3) is 0 Å². The Morgan fingerprint density at radius 3 is 2.52 bits per heavy atom. The third-order valence-electron chi connectivity index (χ3n) is 4.10. The molecule has 0 aliphatic heterocycles. The molecule has 0 fully saturated rings. The third-order valence-corrected chi connectivity index (χ3v) is 4.65. The number of halogens is 2. The van der Waals surface area contributed by atoms with Crippen molar-refractivity contribution in [3.05, 3.63) is 93.5 Å². The highest BCUT2D eigenvalue weighted by Crippen LogP contribution is 2.25. The molecule has 0 aliphatic rings. The van der Waals surface area contributed by atoms with Crippen LogP contribution in [-0.2, 0) is 4.79 Å². The summed E-state index contributed by atoms with van der Waals surface area (Å²) < 4.78 is 5.50. The van der Waals surface area contributed by atoms with E-state index in [0.29, 0.717) is 32.6 Å². The molecule has 0 bridgehead atoms. The highest BCUT2D eigenvalue weighted by atomic mass is 35.5. The van der Waals surface area contributed by atoms with E-state index < -0.39 is 0 Å². The molecule has 2 N–H and O–H groups in total. The number of aryl methyl sites for hydroxylation is 1. The molecule has 0 saturated heterocycles. The van der Waals surface area contributed by atoms with Gasteiger partial charge in [-0.2, -0.15) is 5.10 Å². The molecule has 158 valence electrons. The molecule has 0 heterocycles. The van der Waals surface area contributed by atoms with Crippen LogP contribution in [0, 0.1) is 6.92 Å². The smallest absolute Gasteiger partial charge is 0.271 e. The molecule has 3 rings (SSSR count). The summed E-state index contributed by atoms with van der Waals surface area (Å²) in [6.07, 6.45) is 1.45. The Morgan fingerprint density at radius 2 is 1.81 bits per heavy atom. The van der Waals surface area contributed by atoms with Gasteiger partial charge in [-0.25, -0.2) is 5.43 Å². The van der Waals surface area contributed by atoms with Crippen LogP contribution in [0.4, 0.5) is 5.69 Å². The lowest BCUT2D eigenvalue weighted by molar-refractivity contribution is -0.118. The number of carbonyl (C=O) groups excluding carboxylic acids is 2. The SMILES string of the molecule is Cc1cccc(NC(=O)COc2ccc(/C=N/NC(=O)c3ccc(Cl)cc3)cc2Cl)c1. The lowest BCUT2D eigenvalue weighted by Crippen LogP contribution is -2.20. The van der Waals surface area contributed by atoms with Crippen LogP contribution < -0.4 is 15.5 Å². The van der Waals surface area contributed by atoms with Gasteiger partial charge in [0.2, 0.25) is 0 Å². The van der Waals surface area contributed by atoms with Gasteiger partial charge in [0.25, 0.3) is 11.8 Å². The van der Waals surface area contributed by atoms with Crippen LogP contribution in [0.5, 0.6) is 5.75 Å². The highest BCUT2D eigenvalue weighted by Gasteiger charge is 2.08. The minimum Gasteiger partial charge on any atom is -0.482 e. The highest BCUT2D eigenvalue weighted by molar-refractivity contribution is 6.32. The maximum atomic E-state index is 12.1. The number of hydrazone groups is 1. The normalized spacial score (nSPS) is 10.7. The van der Waals surface area contributed by atoms with E-state index in [1.807, 2.05) is 25.1 Å². The van der Waals surface area contributed by atoms with Gasteiger partial charge in [-0.05, 0) is 72.6 Å². The first-order valence-electron chi connectivity index (χ1n) is 9.28. The molecule has 31 heavy (non-hydrogen) atoms. The third kappa shape index (κ3) is 6.84. The average molecular weight is 456 g/mol. The number of nitrogens with one attached hydrogen (secondary N) is 2. The second-order valence-electron chi connectivity index (χ2n) is 6.60. The van der Waals surface area contributed by atoms with Crippen LogP contribution in [0.15, 0.2) is 71.8 Å². The van der Waals surface area contributed by atoms with Gasteiger partial charge in [-0.3, -0.25) is 9.59 Å². The standard InChI is InChI=1S/C23H19Cl2N3O3/c1-15-3-2-4-19(11-15)27-22(29)14-31-21-10-5-16(12-20(21)25)13-26-28-23(30)17-6-8-18(24)9-7-17/h2-13H,14H2,1H3,(H,27,29)(H,28,30)/b26-13+. The summed E-state index contributed by atoms with van der Waals surface area (Å²) in [6.45, 7) is 1.76. The van der Waals surface area contributed by atoms with E-state index in [-0.39, 0.29) is 18.4 Å². The molecule has 6 nitrogen and oxygen atoms in total. The molecular weight excluding hydrogens is 437 g/mol. The molecule has 3 aromatic rings. The maximum Gasteiger partial charge on any atom is 0.271 e. The predicted octanol–water partition coefficient (Wildman–Crippen LogP) is 5.08. The van der Waals surface area contributed by atoms with Gasteiger partial charge in [0.05, 0.1) is 11.2 Å². The lowest BCUT2D eigenvalue weighted by atomic mass is 10.2. The van der Waals surface area contributed by atoms with Crippen molar-refractivity contribution >= 4 is 46.9 Å². The van der Waals surface area contributed by atoms with Crippen molar-refractivity contribution in [2.75, 3.05) is 11.9 Å². The van der Waals surface area contributed by atoms with E-state index >= 15 is 0 Å². The fourth-order valence-electron chi connectivity index (χ4n) is 2.61. The van der Waals surface area contributed by atoms with Crippen LogP contribution in [-0.4, -0.2) is 24.6 Å².